The molecule has 5 atom stereocenters. The summed E-state index contributed by atoms with van der Waals surface area (Å²) in [6.45, 7) is 0.670. The number of amides is 1. The number of hydrogen-bond donors (Lipinski definition) is 6. The Morgan fingerprint density at radius 1 is 1.19 bits per heavy atom. The lowest BCUT2D eigenvalue weighted by molar-refractivity contribution is -0.138. The molecule has 3 heterocycles. The van der Waals surface area contributed by atoms with E-state index in [1.165, 1.54) is 17.2 Å². The number of nitrogens with zero attached hydrogens (tertiary/aromatic N) is 5. The molecule has 36 heavy (non-hydrogen) atoms. The fourth-order valence-corrected chi connectivity index (χ4v) is 4.18. The van der Waals surface area contributed by atoms with Crippen LogP contribution in [0, 0.1) is 0 Å². The summed E-state index contributed by atoms with van der Waals surface area (Å²) < 4.78 is 7.50. The molecular weight excluding hydrogens is 472 g/mol. The highest BCUT2D eigenvalue weighted by Crippen LogP contribution is 2.32. The number of aliphatic hydroxyl groups is 2. The number of nitrogens with two attached hydrogens (primary N) is 3. The van der Waals surface area contributed by atoms with Crippen LogP contribution in [0.25, 0.3) is 11.2 Å². The standard InChI is InChI=1S/C22H28N8O6/c23-13(22(34)35)4-5-29(7-11-2-1-3-12(6-11)19(25)33)8-14-16(31)17(32)21(36-14)30-10-28-15-18(24)26-9-27-20(15)30/h1-3,6,9-10,13-14,16-17,21,31-32H,4-5,7-8,23H2,(H2,25,33)(H,34,35)(H2,24,26,27)/t13-,14+,16+,17+,21+/m0/s1. The predicted octanol–water partition coefficient (Wildman–Crippen LogP) is -1.57. The number of benzene rings is 1. The highest BCUT2D eigenvalue weighted by Gasteiger charge is 2.45. The molecule has 2 aromatic heterocycles. The van der Waals surface area contributed by atoms with E-state index in [1.807, 2.05) is 4.90 Å². The molecule has 1 amide bonds. The zero-order chi connectivity index (χ0) is 26.0. The first-order chi connectivity index (χ1) is 17.2. The number of nitrogen functional groups attached to an aromatic ring is 1. The molecule has 14 heteroatoms. The first kappa shape index (κ1) is 25.4. The van der Waals surface area contributed by atoms with E-state index < -0.39 is 42.5 Å². The summed E-state index contributed by atoms with van der Waals surface area (Å²) in [7, 11) is 0. The van der Waals surface area contributed by atoms with Gasteiger partial charge in [-0.25, -0.2) is 15.0 Å². The van der Waals surface area contributed by atoms with Crippen molar-refractivity contribution in [2.24, 2.45) is 11.5 Å². The number of ether oxygens (including phenoxy) is 1. The number of carbonyl (C=O) groups is 2. The van der Waals surface area contributed by atoms with Crippen LogP contribution in [0.3, 0.4) is 0 Å². The van der Waals surface area contributed by atoms with E-state index in [0.29, 0.717) is 23.3 Å². The Morgan fingerprint density at radius 3 is 2.69 bits per heavy atom. The van der Waals surface area contributed by atoms with Crippen LogP contribution in [0.15, 0.2) is 36.9 Å². The maximum atomic E-state index is 11.6. The smallest absolute Gasteiger partial charge is 0.320 e. The SMILES string of the molecule is NC(=O)c1cccc(CN(CC[C@H](N)C(=O)O)C[C@H]2O[C@@H](n3cnc4c(N)ncnc43)[C@H](O)[C@@H]2O)c1. The van der Waals surface area contributed by atoms with Gasteiger partial charge in [-0.15, -0.1) is 0 Å². The van der Waals surface area contributed by atoms with E-state index >= 15 is 0 Å². The van der Waals surface area contributed by atoms with Gasteiger partial charge in [-0.3, -0.25) is 19.1 Å². The van der Waals surface area contributed by atoms with Gasteiger partial charge in [-0.2, -0.15) is 0 Å². The molecule has 1 fully saturated rings. The van der Waals surface area contributed by atoms with E-state index in [1.54, 1.807) is 24.3 Å². The Kier molecular flexibility index (Phi) is 7.42. The molecule has 1 aliphatic heterocycles. The molecule has 9 N–H and O–H groups in total. The molecule has 0 aliphatic carbocycles. The van der Waals surface area contributed by atoms with Gasteiger partial charge < -0.3 is 37.3 Å². The van der Waals surface area contributed by atoms with Crippen molar-refractivity contribution in [2.75, 3.05) is 18.8 Å². The Labute approximate surface area is 205 Å². The number of aliphatic hydroxyl groups excluding tert-OH is 2. The van der Waals surface area contributed by atoms with Crippen molar-refractivity contribution in [3.8, 4) is 0 Å². The molecule has 192 valence electrons. The average molecular weight is 501 g/mol. The molecule has 0 radical (unpaired) electrons. The lowest BCUT2D eigenvalue weighted by atomic mass is 10.1. The number of aromatic nitrogens is 4. The average Bonchev–Trinajstić information content (AvgIpc) is 3.39. The fraction of sp³-hybridized carbons (Fsp3) is 0.409. The van der Waals surface area contributed by atoms with Gasteiger partial charge in [0.1, 0.15) is 36.2 Å². The van der Waals surface area contributed by atoms with Gasteiger partial charge in [0.25, 0.3) is 0 Å². The largest absolute Gasteiger partial charge is 0.480 e. The summed E-state index contributed by atoms with van der Waals surface area (Å²) in [5, 5.41) is 30.7. The molecule has 14 nitrogen and oxygen atoms in total. The van der Waals surface area contributed by atoms with E-state index in [4.69, 9.17) is 27.0 Å². The van der Waals surface area contributed by atoms with Crippen LogP contribution in [0.1, 0.15) is 28.6 Å². The minimum atomic E-state index is -1.30. The molecule has 0 spiro atoms. The lowest BCUT2D eigenvalue weighted by Gasteiger charge is -2.27. The van der Waals surface area contributed by atoms with Crippen LogP contribution in [0.5, 0.6) is 0 Å². The zero-order valence-electron chi connectivity index (χ0n) is 19.2. The number of carbonyl (C=O) groups excluding carboxylic acids is 1. The molecule has 4 rings (SSSR count). The van der Waals surface area contributed by atoms with Crippen molar-refractivity contribution >= 4 is 28.9 Å². The van der Waals surface area contributed by atoms with Crippen molar-refractivity contribution in [3.05, 3.63) is 48.0 Å². The second-order valence-electron chi connectivity index (χ2n) is 8.66. The van der Waals surface area contributed by atoms with Gasteiger partial charge in [0.15, 0.2) is 17.7 Å². The van der Waals surface area contributed by atoms with E-state index in [0.717, 1.165) is 5.56 Å². The monoisotopic (exact) mass is 500 g/mol. The lowest BCUT2D eigenvalue weighted by Crippen LogP contribution is -2.42. The Bertz CT molecular complexity index is 1250. The minimum absolute atomic E-state index is 0.127. The van der Waals surface area contributed by atoms with Crippen LogP contribution in [0.4, 0.5) is 5.82 Å². The van der Waals surface area contributed by atoms with Crippen molar-refractivity contribution in [1.82, 2.24) is 24.4 Å². The first-order valence-electron chi connectivity index (χ1n) is 11.2. The first-order valence-corrected chi connectivity index (χ1v) is 11.2. The summed E-state index contributed by atoms with van der Waals surface area (Å²) in [5.74, 6) is -1.54. The van der Waals surface area contributed by atoms with Crippen molar-refractivity contribution in [3.63, 3.8) is 0 Å². The molecule has 1 aliphatic rings. The van der Waals surface area contributed by atoms with Gasteiger partial charge in [0.2, 0.25) is 5.91 Å². The van der Waals surface area contributed by atoms with Crippen molar-refractivity contribution in [1.29, 1.82) is 0 Å². The van der Waals surface area contributed by atoms with Gasteiger partial charge in [0.05, 0.1) is 6.33 Å². The van der Waals surface area contributed by atoms with Crippen LogP contribution >= 0.6 is 0 Å². The second kappa shape index (κ2) is 10.5. The van der Waals surface area contributed by atoms with Crippen LogP contribution in [0.2, 0.25) is 0 Å². The highest BCUT2D eigenvalue weighted by atomic mass is 16.6. The minimum Gasteiger partial charge on any atom is -0.480 e. The van der Waals surface area contributed by atoms with Crippen LogP contribution in [-0.4, -0.2) is 89.1 Å². The maximum absolute atomic E-state index is 11.6. The summed E-state index contributed by atoms with van der Waals surface area (Å²) in [5.41, 5.74) is 18.7. The Balaban J connectivity index is 1.54. The van der Waals surface area contributed by atoms with Crippen LogP contribution < -0.4 is 17.2 Å². The third kappa shape index (κ3) is 5.27. The Morgan fingerprint density at radius 2 is 1.97 bits per heavy atom. The summed E-state index contributed by atoms with van der Waals surface area (Å²) in [4.78, 5) is 36.8. The van der Waals surface area contributed by atoms with Crippen molar-refractivity contribution < 1.29 is 29.6 Å². The number of primary amides is 1. The number of rotatable bonds is 10. The highest BCUT2D eigenvalue weighted by molar-refractivity contribution is 5.92. The number of carboxylic acid groups (broad SMARTS) is 1. The molecule has 0 saturated carbocycles. The number of hydrogen-bond acceptors (Lipinski definition) is 11. The quantitative estimate of drug-likeness (QED) is 0.185. The fourth-order valence-electron chi connectivity index (χ4n) is 4.18. The Hall–Kier alpha value is -3.69. The number of anilines is 1. The number of imidazole rings is 1. The normalized spacial score (nSPS) is 22.8. The van der Waals surface area contributed by atoms with E-state index in [2.05, 4.69) is 15.0 Å². The summed E-state index contributed by atoms with van der Waals surface area (Å²) in [6, 6.07) is 5.63. The zero-order valence-corrected chi connectivity index (χ0v) is 19.2. The van der Waals surface area contributed by atoms with Gasteiger partial charge in [0, 0.05) is 25.2 Å². The second-order valence-corrected chi connectivity index (χ2v) is 8.66. The summed E-state index contributed by atoms with van der Waals surface area (Å²) >= 11 is 0. The molecule has 1 saturated heterocycles. The van der Waals surface area contributed by atoms with E-state index in [9.17, 15) is 19.8 Å². The third-order valence-corrected chi connectivity index (χ3v) is 6.13. The number of carboxylic acids is 1. The third-order valence-electron chi connectivity index (χ3n) is 6.13. The molecule has 3 aromatic rings. The molecular formula is C22H28N8O6. The van der Waals surface area contributed by atoms with Crippen molar-refractivity contribution in [2.45, 2.75) is 43.5 Å². The summed E-state index contributed by atoms with van der Waals surface area (Å²) in [6.07, 6.45) is -1.62. The number of fused-ring (bicyclic) bond motifs is 1. The maximum Gasteiger partial charge on any atom is 0.320 e. The van der Waals surface area contributed by atoms with Gasteiger partial charge in [-0.05, 0) is 24.1 Å². The van der Waals surface area contributed by atoms with Gasteiger partial charge >= 0.3 is 5.97 Å². The molecule has 0 unspecified atom stereocenters. The topological polar surface area (TPSA) is 229 Å². The molecule has 1 aromatic carbocycles. The number of aliphatic carboxylic acids is 1. The van der Waals surface area contributed by atoms with Crippen LogP contribution in [-0.2, 0) is 16.1 Å². The molecule has 0 bridgehead atoms. The van der Waals surface area contributed by atoms with E-state index in [-0.39, 0.29) is 25.3 Å². The van der Waals surface area contributed by atoms with Gasteiger partial charge in [-0.1, -0.05) is 12.1 Å². The predicted molar refractivity (Wildman–Crippen MR) is 126 cm³/mol.